The number of urea groups is 1. The summed E-state index contributed by atoms with van der Waals surface area (Å²) in [6.07, 6.45) is 2.67. The van der Waals surface area contributed by atoms with Crippen LogP contribution < -0.4 is 5.32 Å². The minimum absolute atomic E-state index is 0.0207. The normalized spacial score (nSPS) is 16.4. The van der Waals surface area contributed by atoms with E-state index in [4.69, 9.17) is 5.11 Å². The van der Waals surface area contributed by atoms with Gasteiger partial charge in [-0.2, -0.15) is 0 Å². The summed E-state index contributed by atoms with van der Waals surface area (Å²) in [6.45, 7) is 2.41. The Balaban J connectivity index is 1.67. The highest BCUT2D eigenvalue weighted by atomic mass is 16.3. The lowest BCUT2D eigenvalue weighted by molar-refractivity contribution is 0.137. The Morgan fingerprint density at radius 3 is 2.58 bits per heavy atom. The SMILES string of the molecule is O=C(NCCc1ccccc1)N1CCC(CO)CC1. The summed E-state index contributed by atoms with van der Waals surface area (Å²) in [5.74, 6) is 0.369. The molecule has 1 fully saturated rings. The number of benzene rings is 1. The molecule has 0 aromatic heterocycles. The predicted molar refractivity (Wildman–Crippen MR) is 74.9 cm³/mol. The van der Waals surface area contributed by atoms with Crippen molar-refractivity contribution < 1.29 is 9.90 Å². The third-order valence-corrected chi connectivity index (χ3v) is 3.69. The largest absolute Gasteiger partial charge is 0.396 e. The minimum Gasteiger partial charge on any atom is -0.396 e. The molecule has 4 heteroatoms. The van der Waals surface area contributed by atoms with Crippen LogP contribution in [-0.2, 0) is 6.42 Å². The Hall–Kier alpha value is -1.55. The molecule has 0 saturated carbocycles. The number of aliphatic hydroxyl groups excluding tert-OH is 1. The van der Waals surface area contributed by atoms with Crippen molar-refractivity contribution in [3.8, 4) is 0 Å². The predicted octanol–water partition coefficient (Wildman–Crippen LogP) is 1.64. The first-order valence-corrected chi connectivity index (χ1v) is 6.97. The molecule has 0 bridgehead atoms. The second-order valence-corrected chi connectivity index (χ2v) is 5.08. The van der Waals surface area contributed by atoms with Crippen molar-refractivity contribution in [3.63, 3.8) is 0 Å². The monoisotopic (exact) mass is 262 g/mol. The zero-order chi connectivity index (χ0) is 13.5. The van der Waals surface area contributed by atoms with Crippen molar-refractivity contribution >= 4 is 6.03 Å². The average Bonchev–Trinajstić information content (AvgIpc) is 2.48. The Bertz CT molecular complexity index is 386. The number of hydrogen-bond acceptors (Lipinski definition) is 2. The molecule has 2 rings (SSSR count). The van der Waals surface area contributed by atoms with Gasteiger partial charge in [0.2, 0.25) is 0 Å². The van der Waals surface area contributed by atoms with Gasteiger partial charge in [0, 0.05) is 26.2 Å². The number of piperidine rings is 1. The Morgan fingerprint density at radius 2 is 1.95 bits per heavy atom. The number of carbonyl (C=O) groups excluding carboxylic acids is 1. The van der Waals surface area contributed by atoms with Crippen molar-refractivity contribution in [1.82, 2.24) is 10.2 Å². The zero-order valence-corrected chi connectivity index (χ0v) is 11.2. The Labute approximate surface area is 114 Å². The van der Waals surface area contributed by atoms with E-state index in [9.17, 15) is 4.79 Å². The van der Waals surface area contributed by atoms with Gasteiger partial charge in [0.25, 0.3) is 0 Å². The maximum atomic E-state index is 11.9. The maximum Gasteiger partial charge on any atom is 0.317 e. The van der Waals surface area contributed by atoms with Gasteiger partial charge in [0.05, 0.1) is 0 Å². The lowest BCUT2D eigenvalue weighted by Crippen LogP contribution is -2.45. The van der Waals surface area contributed by atoms with Crippen molar-refractivity contribution in [2.75, 3.05) is 26.2 Å². The van der Waals surface area contributed by atoms with Crippen LogP contribution in [0.3, 0.4) is 0 Å². The fraction of sp³-hybridized carbons (Fsp3) is 0.533. The van der Waals surface area contributed by atoms with Gasteiger partial charge < -0.3 is 15.3 Å². The van der Waals surface area contributed by atoms with Crippen LogP contribution in [0.1, 0.15) is 18.4 Å². The number of carbonyl (C=O) groups is 1. The molecule has 1 saturated heterocycles. The fourth-order valence-electron chi connectivity index (χ4n) is 2.39. The number of amides is 2. The summed E-state index contributed by atoms with van der Waals surface area (Å²) in [7, 11) is 0. The van der Waals surface area contributed by atoms with E-state index < -0.39 is 0 Å². The fourth-order valence-corrected chi connectivity index (χ4v) is 2.39. The standard InChI is InChI=1S/C15H22N2O2/c18-12-14-7-10-17(11-8-14)15(19)16-9-6-13-4-2-1-3-5-13/h1-5,14,18H,6-12H2,(H,16,19). The molecular formula is C15H22N2O2. The number of nitrogens with zero attached hydrogens (tertiary/aromatic N) is 1. The van der Waals surface area contributed by atoms with Gasteiger partial charge in [-0.15, -0.1) is 0 Å². The van der Waals surface area contributed by atoms with E-state index in [1.165, 1.54) is 5.56 Å². The molecule has 1 aromatic rings. The molecule has 19 heavy (non-hydrogen) atoms. The number of nitrogens with one attached hydrogen (secondary N) is 1. The van der Waals surface area contributed by atoms with Crippen molar-refractivity contribution in [2.24, 2.45) is 5.92 Å². The van der Waals surface area contributed by atoms with Crippen LogP contribution in [0.2, 0.25) is 0 Å². The smallest absolute Gasteiger partial charge is 0.317 e. The summed E-state index contributed by atoms with van der Waals surface area (Å²) >= 11 is 0. The van der Waals surface area contributed by atoms with Gasteiger partial charge in [-0.3, -0.25) is 0 Å². The van der Waals surface area contributed by atoms with Gasteiger partial charge in [-0.1, -0.05) is 30.3 Å². The molecular weight excluding hydrogens is 240 g/mol. The number of hydrogen-bond donors (Lipinski definition) is 2. The molecule has 104 valence electrons. The van der Waals surface area contributed by atoms with E-state index in [-0.39, 0.29) is 12.6 Å². The molecule has 1 aromatic carbocycles. The first kappa shape index (κ1) is 13.9. The van der Waals surface area contributed by atoms with Crippen molar-refractivity contribution in [3.05, 3.63) is 35.9 Å². The van der Waals surface area contributed by atoms with E-state index in [1.54, 1.807) is 0 Å². The van der Waals surface area contributed by atoms with Crippen LogP contribution in [0.4, 0.5) is 4.79 Å². The molecule has 0 radical (unpaired) electrons. The summed E-state index contributed by atoms with van der Waals surface area (Å²) in [4.78, 5) is 13.8. The van der Waals surface area contributed by atoms with Gasteiger partial charge in [0.1, 0.15) is 0 Å². The molecule has 0 atom stereocenters. The molecule has 1 aliphatic rings. The lowest BCUT2D eigenvalue weighted by Gasteiger charge is -2.31. The maximum absolute atomic E-state index is 11.9. The molecule has 1 heterocycles. The quantitative estimate of drug-likeness (QED) is 0.866. The van der Waals surface area contributed by atoms with Crippen molar-refractivity contribution in [2.45, 2.75) is 19.3 Å². The van der Waals surface area contributed by atoms with Gasteiger partial charge in [-0.05, 0) is 30.7 Å². The summed E-state index contributed by atoms with van der Waals surface area (Å²) in [5, 5.41) is 12.0. The van der Waals surface area contributed by atoms with E-state index in [1.807, 2.05) is 23.1 Å². The second-order valence-electron chi connectivity index (χ2n) is 5.08. The molecule has 2 amide bonds. The van der Waals surface area contributed by atoms with Gasteiger partial charge in [0.15, 0.2) is 0 Å². The highest BCUT2D eigenvalue weighted by Gasteiger charge is 2.21. The van der Waals surface area contributed by atoms with Gasteiger partial charge >= 0.3 is 6.03 Å². The molecule has 0 spiro atoms. The molecule has 4 nitrogen and oxygen atoms in total. The minimum atomic E-state index is 0.0207. The molecule has 1 aliphatic heterocycles. The number of likely N-dealkylation sites (tertiary alicyclic amines) is 1. The van der Waals surface area contributed by atoms with E-state index in [0.717, 1.165) is 32.4 Å². The van der Waals surface area contributed by atoms with Crippen LogP contribution >= 0.6 is 0 Å². The van der Waals surface area contributed by atoms with Crippen LogP contribution in [-0.4, -0.2) is 42.3 Å². The summed E-state index contributed by atoms with van der Waals surface area (Å²) in [5.41, 5.74) is 1.24. The average molecular weight is 262 g/mol. The second kappa shape index (κ2) is 7.14. The first-order valence-electron chi connectivity index (χ1n) is 6.97. The molecule has 2 N–H and O–H groups in total. The van der Waals surface area contributed by atoms with Crippen LogP contribution in [0.5, 0.6) is 0 Å². The Morgan fingerprint density at radius 1 is 1.26 bits per heavy atom. The van der Waals surface area contributed by atoms with E-state index in [2.05, 4.69) is 17.4 Å². The van der Waals surface area contributed by atoms with Crippen molar-refractivity contribution in [1.29, 1.82) is 0 Å². The van der Waals surface area contributed by atoms with E-state index in [0.29, 0.717) is 12.5 Å². The highest BCUT2D eigenvalue weighted by molar-refractivity contribution is 5.74. The Kier molecular flexibility index (Phi) is 5.21. The summed E-state index contributed by atoms with van der Waals surface area (Å²) in [6, 6.07) is 10.2. The molecule has 0 unspecified atom stereocenters. The van der Waals surface area contributed by atoms with E-state index >= 15 is 0 Å². The third-order valence-electron chi connectivity index (χ3n) is 3.69. The topological polar surface area (TPSA) is 52.6 Å². The first-order chi connectivity index (χ1) is 9.29. The third kappa shape index (κ3) is 4.24. The van der Waals surface area contributed by atoms with Crippen LogP contribution in [0, 0.1) is 5.92 Å². The zero-order valence-electron chi connectivity index (χ0n) is 11.2. The number of aliphatic hydroxyl groups is 1. The van der Waals surface area contributed by atoms with Crippen LogP contribution in [0.15, 0.2) is 30.3 Å². The number of rotatable bonds is 4. The van der Waals surface area contributed by atoms with Gasteiger partial charge in [-0.25, -0.2) is 4.79 Å². The van der Waals surface area contributed by atoms with Crippen LogP contribution in [0.25, 0.3) is 0 Å². The highest BCUT2D eigenvalue weighted by Crippen LogP contribution is 2.16. The molecule has 0 aliphatic carbocycles. The summed E-state index contributed by atoms with van der Waals surface area (Å²) < 4.78 is 0. The lowest BCUT2D eigenvalue weighted by atomic mass is 9.98.